The van der Waals surface area contributed by atoms with E-state index in [1.54, 1.807) is 19.0 Å². The Kier molecular flexibility index (Phi) is 6.60. The fourth-order valence-corrected chi connectivity index (χ4v) is 2.24. The van der Waals surface area contributed by atoms with Gasteiger partial charge in [-0.25, -0.2) is 0 Å². The second kappa shape index (κ2) is 7.96. The highest BCUT2D eigenvalue weighted by atomic mass is 16.2. The highest BCUT2D eigenvalue weighted by molar-refractivity contribution is 6.12. The highest BCUT2D eigenvalue weighted by Crippen LogP contribution is 2.21. The maximum Gasteiger partial charge on any atom is 0.222 e. The monoisotopic (exact) mass is 288 g/mol. The molecule has 1 rings (SSSR count). The van der Waals surface area contributed by atoms with Crippen molar-refractivity contribution in [3.63, 3.8) is 0 Å². The third kappa shape index (κ3) is 5.00. The van der Waals surface area contributed by atoms with Crippen LogP contribution in [0.5, 0.6) is 0 Å². The van der Waals surface area contributed by atoms with E-state index in [9.17, 15) is 4.79 Å². The minimum Gasteiger partial charge on any atom is -0.349 e. The molecule has 3 heteroatoms. The van der Waals surface area contributed by atoms with Crippen LogP contribution in [0, 0.1) is 0 Å². The van der Waals surface area contributed by atoms with Gasteiger partial charge in [0.15, 0.2) is 0 Å². The van der Waals surface area contributed by atoms with Crippen molar-refractivity contribution in [2.75, 3.05) is 14.1 Å². The van der Waals surface area contributed by atoms with Gasteiger partial charge in [-0.3, -0.25) is 9.79 Å². The Balaban J connectivity index is 2.85. The van der Waals surface area contributed by atoms with Crippen LogP contribution in [0.2, 0.25) is 0 Å². The topological polar surface area (TPSA) is 32.7 Å². The lowest BCUT2D eigenvalue weighted by Crippen LogP contribution is -2.23. The molecule has 0 aromatic carbocycles. The SMILES string of the molecule is C/C=C1/C=C(C)C(C)=CC1=NC(CC)CCC(=O)N(C)C. The molecule has 0 saturated carbocycles. The first-order valence-corrected chi connectivity index (χ1v) is 7.70. The molecular weight excluding hydrogens is 260 g/mol. The molecule has 0 N–H and O–H groups in total. The summed E-state index contributed by atoms with van der Waals surface area (Å²) < 4.78 is 0. The number of rotatable bonds is 5. The van der Waals surface area contributed by atoms with Gasteiger partial charge in [0.25, 0.3) is 0 Å². The average Bonchev–Trinajstić information content (AvgIpc) is 2.45. The number of amides is 1. The number of carbonyl (C=O) groups excluding carboxylic acids is 1. The molecular formula is C18H28N2O. The van der Waals surface area contributed by atoms with Gasteiger partial charge in [0.05, 0.1) is 11.8 Å². The Bertz CT molecular complexity index is 507. The molecule has 0 saturated heterocycles. The molecule has 1 atom stereocenters. The standard InChI is InChI=1S/C18H28N2O/c1-7-15-11-13(3)14(4)12-17(15)19-16(8-2)9-10-18(21)20(5)6/h7,11-12,16H,8-10H2,1-6H3/b15-7-,19-17?. The van der Waals surface area contributed by atoms with Gasteiger partial charge < -0.3 is 4.90 Å². The highest BCUT2D eigenvalue weighted by Gasteiger charge is 2.14. The summed E-state index contributed by atoms with van der Waals surface area (Å²) in [5, 5.41) is 0. The van der Waals surface area contributed by atoms with E-state index in [0.717, 1.165) is 18.6 Å². The number of hydrogen-bond acceptors (Lipinski definition) is 2. The summed E-state index contributed by atoms with van der Waals surface area (Å²) in [7, 11) is 3.60. The summed E-state index contributed by atoms with van der Waals surface area (Å²) in [6.45, 7) is 8.41. The summed E-state index contributed by atoms with van der Waals surface area (Å²) in [5.74, 6) is 0.172. The van der Waals surface area contributed by atoms with Crippen LogP contribution in [0.4, 0.5) is 0 Å². The third-order valence-corrected chi connectivity index (χ3v) is 3.94. The maximum absolute atomic E-state index is 11.7. The van der Waals surface area contributed by atoms with Crippen molar-refractivity contribution in [3.05, 3.63) is 34.9 Å². The minimum atomic E-state index is 0.172. The van der Waals surface area contributed by atoms with E-state index in [0.29, 0.717) is 6.42 Å². The van der Waals surface area contributed by atoms with Crippen molar-refractivity contribution in [3.8, 4) is 0 Å². The van der Waals surface area contributed by atoms with E-state index < -0.39 is 0 Å². The first-order chi connectivity index (χ1) is 9.88. The van der Waals surface area contributed by atoms with E-state index in [4.69, 9.17) is 4.99 Å². The largest absolute Gasteiger partial charge is 0.349 e. The fraction of sp³-hybridized carbons (Fsp3) is 0.556. The summed E-state index contributed by atoms with van der Waals surface area (Å²) in [6, 6.07) is 0.203. The molecule has 3 nitrogen and oxygen atoms in total. The lowest BCUT2D eigenvalue weighted by molar-refractivity contribution is -0.128. The van der Waals surface area contributed by atoms with Crippen molar-refractivity contribution in [1.82, 2.24) is 4.90 Å². The van der Waals surface area contributed by atoms with Gasteiger partial charge >= 0.3 is 0 Å². The van der Waals surface area contributed by atoms with Gasteiger partial charge in [-0.05, 0) is 62.5 Å². The summed E-state index contributed by atoms with van der Waals surface area (Å²) in [5.41, 5.74) is 4.77. The normalized spacial score (nSPS) is 20.3. The summed E-state index contributed by atoms with van der Waals surface area (Å²) in [6.07, 6.45) is 8.77. The number of nitrogens with zero attached hydrogens (tertiary/aromatic N) is 2. The molecule has 1 aliphatic carbocycles. The average molecular weight is 288 g/mol. The molecule has 1 aliphatic rings. The van der Waals surface area contributed by atoms with Gasteiger partial charge in [-0.15, -0.1) is 0 Å². The van der Waals surface area contributed by atoms with Crippen LogP contribution in [0.3, 0.4) is 0 Å². The Hall–Kier alpha value is -1.64. The quantitative estimate of drug-likeness (QED) is 0.754. The van der Waals surface area contributed by atoms with Gasteiger partial charge in [0, 0.05) is 20.5 Å². The zero-order valence-electron chi connectivity index (χ0n) is 14.2. The molecule has 1 unspecified atom stereocenters. The number of carbonyl (C=O) groups is 1. The van der Waals surface area contributed by atoms with Gasteiger partial charge in [0.2, 0.25) is 5.91 Å². The zero-order valence-corrected chi connectivity index (χ0v) is 14.2. The third-order valence-electron chi connectivity index (χ3n) is 3.94. The van der Waals surface area contributed by atoms with Crippen molar-refractivity contribution >= 4 is 11.6 Å². The number of allylic oxidation sites excluding steroid dienone is 6. The molecule has 0 heterocycles. The van der Waals surface area contributed by atoms with E-state index in [-0.39, 0.29) is 11.9 Å². The van der Waals surface area contributed by atoms with E-state index in [1.165, 1.54) is 16.7 Å². The molecule has 1 amide bonds. The maximum atomic E-state index is 11.7. The molecule has 0 bridgehead atoms. The predicted octanol–water partition coefficient (Wildman–Crippen LogP) is 3.93. The van der Waals surface area contributed by atoms with Crippen molar-refractivity contribution < 1.29 is 4.79 Å². The molecule has 0 aromatic heterocycles. The van der Waals surface area contributed by atoms with Crippen LogP contribution >= 0.6 is 0 Å². The molecule has 116 valence electrons. The van der Waals surface area contributed by atoms with Crippen LogP contribution in [0.25, 0.3) is 0 Å². The van der Waals surface area contributed by atoms with E-state index >= 15 is 0 Å². The molecule has 0 spiro atoms. The molecule has 0 fully saturated rings. The van der Waals surface area contributed by atoms with Crippen molar-refractivity contribution in [1.29, 1.82) is 0 Å². The summed E-state index contributed by atoms with van der Waals surface area (Å²) >= 11 is 0. The van der Waals surface area contributed by atoms with Gasteiger partial charge in [-0.2, -0.15) is 0 Å². The fourth-order valence-electron chi connectivity index (χ4n) is 2.24. The number of aliphatic imine (C=N–C) groups is 1. The van der Waals surface area contributed by atoms with Gasteiger partial charge in [-0.1, -0.05) is 13.0 Å². The Morgan fingerprint density at radius 2 is 1.90 bits per heavy atom. The Morgan fingerprint density at radius 3 is 2.43 bits per heavy atom. The number of hydrogen-bond donors (Lipinski definition) is 0. The predicted molar refractivity (Wildman–Crippen MR) is 90.7 cm³/mol. The lowest BCUT2D eigenvalue weighted by atomic mass is 9.94. The van der Waals surface area contributed by atoms with Gasteiger partial charge in [0.1, 0.15) is 0 Å². The van der Waals surface area contributed by atoms with Crippen molar-refractivity contribution in [2.24, 2.45) is 4.99 Å². The Morgan fingerprint density at radius 1 is 1.29 bits per heavy atom. The second-order valence-electron chi connectivity index (χ2n) is 5.80. The molecule has 0 aromatic rings. The van der Waals surface area contributed by atoms with Crippen LogP contribution < -0.4 is 0 Å². The van der Waals surface area contributed by atoms with E-state index in [1.807, 2.05) is 6.92 Å². The van der Waals surface area contributed by atoms with Crippen LogP contribution in [0.15, 0.2) is 39.9 Å². The second-order valence-corrected chi connectivity index (χ2v) is 5.80. The van der Waals surface area contributed by atoms with Crippen LogP contribution in [0.1, 0.15) is 47.0 Å². The van der Waals surface area contributed by atoms with E-state index in [2.05, 4.69) is 39.0 Å². The van der Waals surface area contributed by atoms with Crippen LogP contribution in [-0.4, -0.2) is 36.7 Å². The first-order valence-electron chi connectivity index (χ1n) is 7.70. The minimum absolute atomic E-state index is 0.172. The molecule has 0 aliphatic heterocycles. The van der Waals surface area contributed by atoms with Crippen molar-refractivity contribution in [2.45, 2.75) is 53.0 Å². The first kappa shape index (κ1) is 17.4. The Labute approximate surface area is 129 Å². The zero-order chi connectivity index (χ0) is 16.0. The summed E-state index contributed by atoms with van der Waals surface area (Å²) in [4.78, 5) is 18.2. The molecule has 0 radical (unpaired) electrons. The lowest BCUT2D eigenvalue weighted by Gasteiger charge is -2.18. The van der Waals surface area contributed by atoms with Crippen LogP contribution in [-0.2, 0) is 4.79 Å². The molecule has 21 heavy (non-hydrogen) atoms. The smallest absolute Gasteiger partial charge is 0.222 e.